The fourth-order valence-corrected chi connectivity index (χ4v) is 2.00. The maximum absolute atomic E-state index is 11.8. The molecule has 18 heavy (non-hydrogen) atoms. The van der Waals surface area contributed by atoms with Crippen LogP contribution in [0.3, 0.4) is 0 Å². The number of benzene rings is 1. The molecule has 3 N–H and O–H groups in total. The zero-order valence-electron chi connectivity index (χ0n) is 10.5. The van der Waals surface area contributed by atoms with Crippen molar-refractivity contribution >= 4 is 17.5 Å². The minimum atomic E-state index is -0.330. The molecule has 0 aliphatic heterocycles. The van der Waals surface area contributed by atoms with Crippen LogP contribution in [0.4, 0.5) is 0 Å². The second-order valence-corrected chi connectivity index (χ2v) is 5.40. The van der Waals surface area contributed by atoms with Gasteiger partial charge in [-0.25, -0.2) is 0 Å². The highest BCUT2D eigenvalue weighted by atomic mass is 35.5. The van der Waals surface area contributed by atoms with Crippen LogP contribution in [0.15, 0.2) is 18.2 Å². The van der Waals surface area contributed by atoms with Crippen LogP contribution in [0.2, 0.25) is 0 Å². The Bertz CT molecular complexity index is 412. The number of halogens is 1. The molecule has 5 heteroatoms. The predicted octanol–water partition coefficient (Wildman–Crippen LogP) is 2.48. The number of amides is 1. The van der Waals surface area contributed by atoms with Crippen LogP contribution in [0.5, 0.6) is 11.5 Å². The molecule has 1 aromatic carbocycles. The summed E-state index contributed by atoms with van der Waals surface area (Å²) in [6.45, 7) is 4.50. The van der Waals surface area contributed by atoms with Gasteiger partial charge >= 0.3 is 0 Å². The molecule has 100 valence electrons. The molecule has 0 fully saturated rings. The number of hydrogen-bond donors (Lipinski definition) is 3. The molecule has 1 aromatic rings. The highest BCUT2D eigenvalue weighted by Crippen LogP contribution is 2.22. The number of carbonyl (C=O) groups excluding carboxylic acids is 1. The second kappa shape index (κ2) is 5.96. The lowest BCUT2D eigenvalue weighted by atomic mass is 9.90. The van der Waals surface area contributed by atoms with Crippen molar-refractivity contribution in [2.45, 2.75) is 20.3 Å². The average Bonchev–Trinajstić information content (AvgIpc) is 2.24. The van der Waals surface area contributed by atoms with Crippen molar-refractivity contribution in [2.75, 3.05) is 12.4 Å². The zero-order valence-corrected chi connectivity index (χ0v) is 11.3. The normalized spacial score (nSPS) is 11.3. The van der Waals surface area contributed by atoms with Crippen LogP contribution < -0.4 is 5.32 Å². The van der Waals surface area contributed by atoms with Gasteiger partial charge in [0.1, 0.15) is 11.5 Å². The van der Waals surface area contributed by atoms with E-state index in [2.05, 4.69) is 5.32 Å². The van der Waals surface area contributed by atoms with Gasteiger partial charge in [-0.1, -0.05) is 13.8 Å². The summed E-state index contributed by atoms with van der Waals surface area (Å²) < 4.78 is 0. The Kier molecular flexibility index (Phi) is 4.84. The Morgan fingerprint density at radius 2 is 1.83 bits per heavy atom. The van der Waals surface area contributed by atoms with E-state index >= 15 is 0 Å². The molecule has 0 aromatic heterocycles. The topological polar surface area (TPSA) is 69.6 Å². The van der Waals surface area contributed by atoms with Gasteiger partial charge in [0.25, 0.3) is 5.91 Å². The number of hydrogen-bond acceptors (Lipinski definition) is 3. The highest BCUT2D eigenvalue weighted by molar-refractivity contribution is 6.17. The van der Waals surface area contributed by atoms with E-state index in [1.165, 1.54) is 18.2 Å². The lowest BCUT2D eigenvalue weighted by Crippen LogP contribution is -2.34. The quantitative estimate of drug-likeness (QED) is 0.721. The summed E-state index contributed by atoms with van der Waals surface area (Å²) in [6.07, 6.45) is 0.792. The van der Waals surface area contributed by atoms with Gasteiger partial charge in [0.05, 0.1) is 0 Å². The van der Waals surface area contributed by atoms with Crippen molar-refractivity contribution < 1.29 is 15.0 Å². The summed E-state index contributed by atoms with van der Waals surface area (Å²) in [5.41, 5.74) is 0.144. The minimum Gasteiger partial charge on any atom is -0.508 e. The van der Waals surface area contributed by atoms with Gasteiger partial charge in [0.15, 0.2) is 0 Å². The Hall–Kier alpha value is -1.42. The van der Waals surface area contributed by atoms with Gasteiger partial charge in [-0.3, -0.25) is 4.79 Å². The first-order valence-corrected chi connectivity index (χ1v) is 6.25. The molecule has 0 heterocycles. The number of phenolic OH excluding ortho intramolecular Hbond substituents is 2. The molecule has 0 unspecified atom stereocenters. The van der Waals surface area contributed by atoms with E-state index < -0.39 is 0 Å². The van der Waals surface area contributed by atoms with Crippen LogP contribution in [0.25, 0.3) is 0 Å². The molecule has 1 amide bonds. The van der Waals surface area contributed by atoms with E-state index in [0.29, 0.717) is 12.4 Å². The second-order valence-electron chi connectivity index (χ2n) is 5.02. The highest BCUT2D eigenvalue weighted by Gasteiger charge is 2.18. The third kappa shape index (κ3) is 4.45. The summed E-state index contributed by atoms with van der Waals surface area (Å²) in [5, 5.41) is 21.4. The molecule has 0 saturated heterocycles. The SMILES string of the molecule is CC(C)(CCCl)CNC(=O)c1cc(O)cc(O)c1. The molecule has 0 aliphatic carbocycles. The van der Waals surface area contributed by atoms with Crippen LogP contribution in [0, 0.1) is 5.41 Å². The molecule has 0 bridgehead atoms. The number of aromatic hydroxyl groups is 2. The van der Waals surface area contributed by atoms with Crippen molar-refractivity contribution in [2.24, 2.45) is 5.41 Å². The zero-order chi connectivity index (χ0) is 13.8. The minimum absolute atomic E-state index is 0.0870. The lowest BCUT2D eigenvalue weighted by Gasteiger charge is -2.23. The molecular weight excluding hydrogens is 254 g/mol. The first-order valence-electron chi connectivity index (χ1n) is 5.71. The molecule has 0 atom stereocenters. The van der Waals surface area contributed by atoms with Gasteiger partial charge in [-0.15, -0.1) is 11.6 Å². The van der Waals surface area contributed by atoms with Gasteiger partial charge in [-0.2, -0.15) is 0 Å². The van der Waals surface area contributed by atoms with E-state index in [1.807, 2.05) is 13.8 Å². The summed E-state index contributed by atoms with van der Waals surface area (Å²) in [4.78, 5) is 11.8. The number of phenols is 2. The first-order chi connectivity index (χ1) is 8.34. The van der Waals surface area contributed by atoms with E-state index in [0.717, 1.165) is 6.42 Å². The fraction of sp³-hybridized carbons (Fsp3) is 0.462. The molecular formula is C13H18ClNO3. The summed E-state index contributed by atoms with van der Waals surface area (Å²) in [5.74, 6) is -0.0698. The van der Waals surface area contributed by atoms with Crippen molar-refractivity contribution in [1.82, 2.24) is 5.32 Å². The van der Waals surface area contributed by atoms with Crippen LogP contribution in [0.1, 0.15) is 30.6 Å². The van der Waals surface area contributed by atoms with Crippen molar-refractivity contribution in [3.05, 3.63) is 23.8 Å². The number of nitrogens with one attached hydrogen (secondary N) is 1. The first kappa shape index (κ1) is 14.6. The average molecular weight is 272 g/mol. The van der Waals surface area contributed by atoms with Crippen LogP contribution in [-0.4, -0.2) is 28.5 Å². The van der Waals surface area contributed by atoms with Gasteiger partial charge < -0.3 is 15.5 Å². The Morgan fingerprint density at radius 3 is 2.33 bits per heavy atom. The third-order valence-electron chi connectivity index (χ3n) is 2.66. The van der Waals surface area contributed by atoms with E-state index in [-0.39, 0.29) is 28.4 Å². The molecule has 0 aliphatic rings. The van der Waals surface area contributed by atoms with E-state index in [9.17, 15) is 15.0 Å². The summed E-state index contributed by atoms with van der Waals surface area (Å²) in [6, 6.07) is 3.79. The van der Waals surface area contributed by atoms with Gasteiger partial charge in [0.2, 0.25) is 0 Å². The molecule has 0 radical (unpaired) electrons. The van der Waals surface area contributed by atoms with E-state index in [1.54, 1.807) is 0 Å². The van der Waals surface area contributed by atoms with Crippen molar-refractivity contribution in [1.29, 1.82) is 0 Å². The van der Waals surface area contributed by atoms with Crippen molar-refractivity contribution in [3.8, 4) is 11.5 Å². The molecule has 0 spiro atoms. The molecule has 1 rings (SSSR count). The smallest absolute Gasteiger partial charge is 0.251 e. The maximum Gasteiger partial charge on any atom is 0.251 e. The predicted molar refractivity (Wildman–Crippen MR) is 71.2 cm³/mol. The molecule has 0 saturated carbocycles. The largest absolute Gasteiger partial charge is 0.508 e. The summed E-state index contributed by atoms with van der Waals surface area (Å²) >= 11 is 5.68. The Labute approximate surface area is 112 Å². The maximum atomic E-state index is 11.8. The van der Waals surface area contributed by atoms with Crippen LogP contribution in [-0.2, 0) is 0 Å². The van der Waals surface area contributed by atoms with Crippen molar-refractivity contribution in [3.63, 3.8) is 0 Å². The number of rotatable bonds is 5. The van der Waals surface area contributed by atoms with E-state index in [4.69, 9.17) is 11.6 Å². The lowest BCUT2D eigenvalue weighted by molar-refractivity contribution is 0.0935. The van der Waals surface area contributed by atoms with Gasteiger partial charge in [0, 0.05) is 24.1 Å². The molecule has 4 nitrogen and oxygen atoms in total. The Balaban J connectivity index is 2.66. The number of carbonyl (C=O) groups is 1. The standard InChI is InChI=1S/C13H18ClNO3/c1-13(2,3-4-14)8-15-12(18)9-5-10(16)7-11(17)6-9/h5-7,16-17H,3-4,8H2,1-2H3,(H,15,18). The van der Waals surface area contributed by atoms with Crippen LogP contribution >= 0.6 is 11.6 Å². The van der Waals surface area contributed by atoms with Gasteiger partial charge in [-0.05, 0) is 24.0 Å². The third-order valence-corrected chi connectivity index (χ3v) is 2.85. The summed E-state index contributed by atoms with van der Waals surface area (Å²) in [7, 11) is 0. The fourth-order valence-electron chi connectivity index (χ4n) is 1.49. The Morgan fingerprint density at radius 1 is 1.28 bits per heavy atom. The number of alkyl halides is 1. The monoisotopic (exact) mass is 271 g/mol.